The van der Waals surface area contributed by atoms with Crippen molar-refractivity contribution < 1.29 is 14.6 Å². The molecule has 0 aliphatic heterocycles. The topological polar surface area (TPSA) is 38.7 Å². The van der Waals surface area contributed by atoms with Crippen LogP contribution in [0.15, 0.2) is 48.5 Å². The van der Waals surface area contributed by atoms with E-state index in [4.69, 9.17) is 9.47 Å². The fraction of sp³-hybridized carbons (Fsp3) is 0.760. The average molecular weight is 725 g/mol. The molecule has 2 aromatic rings. The monoisotopic (exact) mass is 725 g/mol. The van der Waals surface area contributed by atoms with E-state index in [1.165, 1.54) is 88.2 Å². The second kappa shape index (κ2) is 14.5. The fourth-order valence-electron chi connectivity index (χ4n) is 12.6. The summed E-state index contributed by atoms with van der Waals surface area (Å²) in [4.78, 5) is 0. The van der Waals surface area contributed by atoms with Crippen LogP contribution in [0.4, 0.5) is 0 Å². The number of rotatable bonds is 14. The summed E-state index contributed by atoms with van der Waals surface area (Å²) in [6, 6.07) is 17.4. The largest absolute Gasteiger partial charge is 0.508 e. The van der Waals surface area contributed by atoms with E-state index in [1.54, 1.807) is 0 Å². The summed E-state index contributed by atoms with van der Waals surface area (Å²) in [6.45, 7) is 24.3. The summed E-state index contributed by atoms with van der Waals surface area (Å²) in [6.07, 6.45) is 18.6. The molecule has 1 N–H and O–H groups in total. The molecule has 6 saturated carbocycles. The van der Waals surface area contributed by atoms with Crippen molar-refractivity contribution in [2.45, 2.75) is 183 Å². The molecule has 0 heterocycles. The smallest absolute Gasteiger partial charge is 0.205 e. The molecule has 3 nitrogen and oxygen atoms in total. The lowest BCUT2D eigenvalue weighted by molar-refractivity contribution is -0.235. The Hall–Kier alpha value is -2.00. The minimum atomic E-state index is -0.106. The van der Waals surface area contributed by atoms with Gasteiger partial charge in [0, 0.05) is 5.41 Å². The van der Waals surface area contributed by atoms with Crippen LogP contribution in [0.25, 0.3) is 0 Å². The summed E-state index contributed by atoms with van der Waals surface area (Å²) in [5.41, 5.74) is 3.67. The highest BCUT2D eigenvalue weighted by Gasteiger charge is 2.55. The van der Waals surface area contributed by atoms with Crippen molar-refractivity contribution in [1.29, 1.82) is 0 Å². The standard InChI is InChI=1S/C50H76O3/c1-46(2,3)31-43(49(9,10)24-23-48(7,8)32-42(47(4,5)6)36-11-15-40(51)16-12-36)37-13-17-41(18-14-37)52-45(50-21-19-33(30-50)20-22-50)53-44-38-26-34-25-35(28-38)29-39(44)27-34/h11-18,33-35,38-39,42-45,51H,19-32H2,1-10H3. The normalized spacial score (nSPS) is 31.5. The molecule has 294 valence electrons. The van der Waals surface area contributed by atoms with E-state index < -0.39 is 0 Å². The molecule has 2 aromatic carbocycles. The highest BCUT2D eigenvalue weighted by Crippen LogP contribution is 2.60. The maximum Gasteiger partial charge on any atom is 0.205 e. The van der Waals surface area contributed by atoms with Crippen LogP contribution < -0.4 is 4.74 Å². The maximum atomic E-state index is 9.98. The van der Waals surface area contributed by atoms with Crippen molar-refractivity contribution in [2.24, 2.45) is 56.7 Å². The van der Waals surface area contributed by atoms with Gasteiger partial charge < -0.3 is 14.6 Å². The van der Waals surface area contributed by atoms with Gasteiger partial charge in [0.15, 0.2) is 0 Å². The van der Waals surface area contributed by atoms with Gasteiger partial charge in [0.05, 0.1) is 6.10 Å². The number of hydrogen-bond donors (Lipinski definition) is 1. The van der Waals surface area contributed by atoms with E-state index in [-0.39, 0.29) is 33.4 Å². The van der Waals surface area contributed by atoms with E-state index in [0.29, 0.717) is 23.7 Å². The molecule has 6 aliphatic carbocycles. The third-order valence-electron chi connectivity index (χ3n) is 15.5. The van der Waals surface area contributed by atoms with Crippen LogP contribution in [0, 0.1) is 56.7 Å². The van der Waals surface area contributed by atoms with Crippen molar-refractivity contribution in [3.05, 3.63) is 59.7 Å². The van der Waals surface area contributed by atoms with Gasteiger partial charge >= 0.3 is 0 Å². The Bertz CT molecular complexity index is 1480. The summed E-state index contributed by atoms with van der Waals surface area (Å²) in [7, 11) is 0. The Morgan fingerprint density at radius 1 is 0.660 bits per heavy atom. The molecule has 3 unspecified atom stereocenters. The summed E-state index contributed by atoms with van der Waals surface area (Å²) >= 11 is 0. The van der Waals surface area contributed by atoms with E-state index in [9.17, 15) is 5.11 Å². The first-order valence-electron chi connectivity index (χ1n) is 22.0. The average Bonchev–Trinajstić information content (AvgIpc) is 3.69. The third-order valence-corrected chi connectivity index (χ3v) is 15.5. The lowest BCUT2D eigenvalue weighted by Crippen LogP contribution is -2.53. The maximum absolute atomic E-state index is 9.98. The zero-order valence-corrected chi connectivity index (χ0v) is 35.5. The van der Waals surface area contributed by atoms with Gasteiger partial charge in [-0.3, -0.25) is 0 Å². The number of ether oxygens (including phenoxy) is 2. The van der Waals surface area contributed by atoms with Gasteiger partial charge in [0.25, 0.3) is 0 Å². The Labute approximate surface area is 324 Å². The van der Waals surface area contributed by atoms with Gasteiger partial charge in [-0.25, -0.2) is 0 Å². The minimum Gasteiger partial charge on any atom is -0.508 e. The fourth-order valence-corrected chi connectivity index (χ4v) is 12.6. The molecule has 3 heteroatoms. The van der Waals surface area contributed by atoms with E-state index in [1.807, 2.05) is 12.1 Å². The zero-order valence-electron chi connectivity index (χ0n) is 35.5. The Morgan fingerprint density at radius 2 is 1.21 bits per heavy atom. The molecule has 6 fully saturated rings. The quantitative estimate of drug-likeness (QED) is 0.197. The van der Waals surface area contributed by atoms with Crippen molar-refractivity contribution >= 4 is 0 Å². The molecular weight excluding hydrogens is 649 g/mol. The minimum absolute atomic E-state index is 0.106. The Kier molecular flexibility index (Phi) is 10.7. The number of hydrogen-bond acceptors (Lipinski definition) is 3. The molecule has 0 spiro atoms. The van der Waals surface area contributed by atoms with Gasteiger partial charge in [-0.05, 0) is 188 Å². The first kappa shape index (κ1) is 39.2. The molecule has 3 atom stereocenters. The highest BCUT2D eigenvalue weighted by atomic mass is 16.7. The van der Waals surface area contributed by atoms with Crippen LogP contribution in [0.3, 0.4) is 0 Å². The predicted molar refractivity (Wildman–Crippen MR) is 220 cm³/mol. The molecule has 0 aromatic heterocycles. The van der Waals surface area contributed by atoms with Crippen molar-refractivity contribution in [2.75, 3.05) is 0 Å². The van der Waals surface area contributed by atoms with Crippen molar-refractivity contribution in [3.63, 3.8) is 0 Å². The summed E-state index contributed by atoms with van der Waals surface area (Å²) < 4.78 is 14.5. The first-order valence-corrected chi connectivity index (χ1v) is 22.0. The summed E-state index contributed by atoms with van der Waals surface area (Å²) in [5, 5.41) is 9.98. The van der Waals surface area contributed by atoms with Crippen molar-refractivity contribution in [1.82, 2.24) is 0 Å². The van der Waals surface area contributed by atoms with Gasteiger partial charge in [0.2, 0.25) is 6.29 Å². The van der Waals surface area contributed by atoms with Gasteiger partial charge in [-0.1, -0.05) is 93.5 Å². The molecule has 0 saturated heterocycles. The van der Waals surface area contributed by atoms with E-state index in [2.05, 4.69) is 106 Å². The highest BCUT2D eigenvalue weighted by molar-refractivity contribution is 5.32. The second-order valence-corrected chi connectivity index (χ2v) is 23.2. The van der Waals surface area contributed by atoms with Crippen LogP contribution >= 0.6 is 0 Å². The van der Waals surface area contributed by atoms with Gasteiger partial charge in [-0.15, -0.1) is 0 Å². The molecule has 0 radical (unpaired) electrons. The van der Waals surface area contributed by atoms with Crippen LogP contribution in [-0.2, 0) is 4.74 Å². The second-order valence-electron chi connectivity index (χ2n) is 23.2. The van der Waals surface area contributed by atoms with Crippen molar-refractivity contribution in [3.8, 4) is 11.5 Å². The SMILES string of the molecule is CC(C)(C)CC(c1ccc(OC(OC2C3CC4CC(C3)CC2C4)C23CCC(CC2)C3)cc1)C(C)(C)CCC(C)(C)CC(c1ccc(O)cc1)C(C)(C)C. The zero-order chi connectivity index (χ0) is 38.0. The van der Waals surface area contributed by atoms with Crippen LogP contribution in [0.1, 0.15) is 182 Å². The molecule has 8 rings (SSSR count). The number of fused-ring (bicyclic) bond motifs is 2. The Balaban J connectivity index is 1.06. The molecular formula is C50H76O3. The van der Waals surface area contributed by atoms with Gasteiger partial charge in [0.1, 0.15) is 11.5 Å². The first-order chi connectivity index (χ1) is 24.8. The predicted octanol–water partition coefficient (Wildman–Crippen LogP) is 14.1. The van der Waals surface area contributed by atoms with Gasteiger partial charge in [-0.2, -0.15) is 0 Å². The third kappa shape index (κ3) is 8.86. The Morgan fingerprint density at radius 3 is 1.72 bits per heavy atom. The molecule has 6 aliphatic rings. The molecule has 6 bridgehead atoms. The number of phenols is 1. The van der Waals surface area contributed by atoms with E-state index in [0.717, 1.165) is 48.2 Å². The lowest BCUT2D eigenvalue weighted by atomic mass is 9.55. The van der Waals surface area contributed by atoms with Crippen LogP contribution in [0.2, 0.25) is 0 Å². The van der Waals surface area contributed by atoms with Crippen LogP contribution in [0.5, 0.6) is 11.5 Å². The lowest BCUT2D eigenvalue weighted by Gasteiger charge is -2.55. The summed E-state index contributed by atoms with van der Waals surface area (Å²) in [5.74, 6) is 6.55. The number of aromatic hydroxyl groups is 1. The number of phenolic OH excluding ortho intramolecular Hbond substituents is 1. The molecule has 0 amide bonds. The van der Waals surface area contributed by atoms with Crippen LogP contribution in [-0.4, -0.2) is 17.5 Å². The number of benzene rings is 2. The van der Waals surface area contributed by atoms with E-state index >= 15 is 0 Å². The molecule has 53 heavy (non-hydrogen) atoms.